The molecule has 96 valence electrons. The Kier molecular flexibility index (Phi) is 4.38. The first-order chi connectivity index (χ1) is 8.56. The lowest BCUT2D eigenvalue weighted by molar-refractivity contribution is 1.11. The van der Waals surface area contributed by atoms with Gasteiger partial charge in [-0.25, -0.2) is 0 Å². The number of hydrogen-bond donors (Lipinski definition) is 1. The zero-order valence-electron chi connectivity index (χ0n) is 10.2. The molecule has 0 aliphatic carbocycles. The van der Waals surface area contributed by atoms with Gasteiger partial charge in [0.1, 0.15) is 0 Å². The van der Waals surface area contributed by atoms with Crippen molar-refractivity contribution in [1.29, 1.82) is 0 Å². The van der Waals surface area contributed by atoms with Gasteiger partial charge in [0.2, 0.25) is 0 Å². The van der Waals surface area contributed by atoms with Crippen molar-refractivity contribution in [3.05, 3.63) is 44.6 Å². The van der Waals surface area contributed by atoms with E-state index in [0.29, 0.717) is 0 Å². The van der Waals surface area contributed by atoms with Gasteiger partial charge in [0.15, 0.2) is 0 Å². The molecule has 0 spiro atoms. The lowest BCUT2D eigenvalue weighted by Crippen LogP contribution is -2.11. The molecule has 0 saturated heterocycles. The summed E-state index contributed by atoms with van der Waals surface area (Å²) in [5.41, 5.74) is 2.14. The Labute approximate surface area is 121 Å². The maximum Gasteiger partial charge on any atom is 0.0597 e. The van der Waals surface area contributed by atoms with Crippen molar-refractivity contribution >= 4 is 45.9 Å². The van der Waals surface area contributed by atoms with Crippen molar-refractivity contribution in [2.45, 2.75) is 6.54 Å². The predicted molar refractivity (Wildman–Crippen MR) is 82.4 cm³/mol. The highest BCUT2D eigenvalue weighted by Gasteiger charge is 2.06. The molecule has 0 aliphatic heterocycles. The monoisotopic (exact) mass is 300 g/mol. The minimum absolute atomic E-state index is 0.729. The third kappa shape index (κ3) is 3.31. The molecule has 2 aromatic rings. The lowest BCUT2D eigenvalue weighted by atomic mass is 10.2. The van der Waals surface area contributed by atoms with Crippen LogP contribution in [0.1, 0.15) is 4.88 Å². The maximum atomic E-state index is 6.03. The van der Waals surface area contributed by atoms with E-state index in [4.69, 9.17) is 23.2 Å². The fraction of sp³-hybridized carbons (Fsp3) is 0.231. The smallest absolute Gasteiger partial charge is 0.0597 e. The van der Waals surface area contributed by atoms with Crippen LogP contribution in [0.5, 0.6) is 0 Å². The largest absolute Gasteiger partial charge is 0.378 e. The van der Waals surface area contributed by atoms with Crippen molar-refractivity contribution in [3.8, 4) is 0 Å². The van der Waals surface area contributed by atoms with Crippen LogP contribution in [0.2, 0.25) is 10.0 Å². The maximum absolute atomic E-state index is 6.03. The molecule has 5 heteroatoms. The third-order valence-corrected chi connectivity index (χ3v) is 4.03. The van der Waals surface area contributed by atoms with Crippen molar-refractivity contribution in [2.75, 3.05) is 24.3 Å². The zero-order chi connectivity index (χ0) is 13.1. The molecule has 0 radical (unpaired) electrons. The number of rotatable bonds is 4. The summed E-state index contributed by atoms with van der Waals surface area (Å²) in [4.78, 5) is 3.25. The van der Waals surface area contributed by atoms with Gasteiger partial charge in [-0.1, -0.05) is 23.2 Å². The number of halogens is 2. The molecule has 2 rings (SSSR count). The van der Waals surface area contributed by atoms with Crippen LogP contribution in [0.3, 0.4) is 0 Å². The summed E-state index contributed by atoms with van der Waals surface area (Å²) in [6.07, 6.45) is 0. The second-order valence-corrected chi connectivity index (χ2v) is 6.01. The summed E-state index contributed by atoms with van der Waals surface area (Å²) in [5.74, 6) is 0. The van der Waals surface area contributed by atoms with Crippen LogP contribution in [0.4, 0.5) is 11.4 Å². The van der Waals surface area contributed by atoms with Gasteiger partial charge in [-0.05, 0) is 24.3 Å². The molecule has 0 fully saturated rings. The van der Waals surface area contributed by atoms with Crippen LogP contribution in [0.15, 0.2) is 29.6 Å². The van der Waals surface area contributed by atoms with E-state index in [9.17, 15) is 0 Å². The van der Waals surface area contributed by atoms with E-state index in [0.717, 1.165) is 28.0 Å². The first-order valence-electron chi connectivity index (χ1n) is 5.50. The van der Waals surface area contributed by atoms with E-state index in [1.807, 2.05) is 43.7 Å². The van der Waals surface area contributed by atoms with Gasteiger partial charge in [0.25, 0.3) is 0 Å². The molecule has 0 bridgehead atoms. The summed E-state index contributed by atoms with van der Waals surface area (Å²) in [5, 5.41) is 6.84. The molecule has 1 heterocycles. The Bertz CT molecular complexity index is 538. The summed E-state index contributed by atoms with van der Waals surface area (Å²) < 4.78 is 0. The van der Waals surface area contributed by atoms with Crippen molar-refractivity contribution < 1.29 is 0 Å². The van der Waals surface area contributed by atoms with E-state index in [-0.39, 0.29) is 0 Å². The predicted octanol–water partition coefficient (Wildman–Crippen LogP) is 4.73. The Morgan fingerprint density at radius 1 is 1.17 bits per heavy atom. The molecule has 0 aliphatic rings. The van der Waals surface area contributed by atoms with E-state index < -0.39 is 0 Å². The van der Waals surface area contributed by atoms with Crippen molar-refractivity contribution in [2.24, 2.45) is 0 Å². The summed E-state index contributed by atoms with van der Waals surface area (Å²) in [6.45, 7) is 0.749. The van der Waals surface area contributed by atoms with Crippen LogP contribution in [0, 0.1) is 0 Å². The first-order valence-corrected chi connectivity index (χ1v) is 7.13. The number of hydrogen-bond acceptors (Lipinski definition) is 3. The molecule has 0 amide bonds. The third-order valence-electron chi connectivity index (χ3n) is 2.52. The number of thiophene rings is 1. The fourth-order valence-corrected chi connectivity index (χ4v) is 2.85. The number of nitrogens with one attached hydrogen (secondary N) is 1. The molecular formula is C13H14Cl2N2S. The molecule has 1 N–H and O–H groups in total. The number of anilines is 2. The number of benzene rings is 1. The van der Waals surface area contributed by atoms with Gasteiger partial charge in [-0.15, -0.1) is 11.3 Å². The molecule has 1 aromatic carbocycles. The van der Waals surface area contributed by atoms with Gasteiger partial charge in [0, 0.05) is 35.9 Å². The Balaban J connectivity index is 2.15. The SMILES string of the molecule is CN(C)c1ccc(Cl)cc1NCc1cc(Cl)cs1. The van der Waals surface area contributed by atoms with Crippen LogP contribution >= 0.6 is 34.5 Å². The molecule has 2 nitrogen and oxygen atoms in total. The van der Waals surface area contributed by atoms with E-state index in [2.05, 4.69) is 10.2 Å². The highest BCUT2D eigenvalue weighted by Crippen LogP contribution is 2.29. The lowest BCUT2D eigenvalue weighted by Gasteiger charge is -2.18. The average Bonchev–Trinajstić information content (AvgIpc) is 2.72. The second kappa shape index (κ2) is 5.83. The fourth-order valence-electron chi connectivity index (χ4n) is 1.67. The summed E-state index contributed by atoms with van der Waals surface area (Å²) >= 11 is 13.6. The van der Waals surface area contributed by atoms with E-state index >= 15 is 0 Å². The van der Waals surface area contributed by atoms with Crippen LogP contribution in [-0.2, 0) is 6.54 Å². The normalized spacial score (nSPS) is 10.4. The van der Waals surface area contributed by atoms with Gasteiger partial charge >= 0.3 is 0 Å². The molecule has 0 saturated carbocycles. The Hall–Kier alpha value is -0.900. The zero-order valence-corrected chi connectivity index (χ0v) is 12.5. The van der Waals surface area contributed by atoms with Gasteiger partial charge in [-0.3, -0.25) is 0 Å². The van der Waals surface area contributed by atoms with Crippen LogP contribution in [0.25, 0.3) is 0 Å². The standard InChI is InChI=1S/C13H14Cl2N2S/c1-17(2)13-4-3-9(14)6-12(13)16-7-11-5-10(15)8-18-11/h3-6,8,16H,7H2,1-2H3. The highest BCUT2D eigenvalue weighted by atomic mass is 35.5. The van der Waals surface area contributed by atoms with Gasteiger partial charge in [-0.2, -0.15) is 0 Å². The van der Waals surface area contributed by atoms with E-state index in [1.54, 1.807) is 11.3 Å². The van der Waals surface area contributed by atoms with Crippen molar-refractivity contribution in [3.63, 3.8) is 0 Å². The Morgan fingerprint density at radius 3 is 2.56 bits per heavy atom. The minimum atomic E-state index is 0.729. The first kappa shape index (κ1) is 13.5. The highest BCUT2D eigenvalue weighted by molar-refractivity contribution is 7.10. The minimum Gasteiger partial charge on any atom is -0.378 e. The van der Waals surface area contributed by atoms with Gasteiger partial charge in [0.05, 0.1) is 16.4 Å². The average molecular weight is 301 g/mol. The topological polar surface area (TPSA) is 15.3 Å². The van der Waals surface area contributed by atoms with Crippen LogP contribution < -0.4 is 10.2 Å². The molecular weight excluding hydrogens is 287 g/mol. The van der Waals surface area contributed by atoms with E-state index in [1.165, 1.54) is 4.88 Å². The molecule has 18 heavy (non-hydrogen) atoms. The molecule has 0 atom stereocenters. The quantitative estimate of drug-likeness (QED) is 0.878. The molecule has 1 aromatic heterocycles. The summed E-state index contributed by atoms with van der Waals surface area (Å²) in [6, 6.07) is 7.81. The van der Waals surface area contributed by atoms with Gasteiger partial charge < -0.3 is 10.2 Å². The summed E-state index contributed by atoms with van der Waals surface area (Å²) in [7, 11) is 4.02. The second-order valence-electron chi connectivity index (χ2n) is 4.14. The van der Waals surface area contributed by atoms with Crippen molar-refractivity contribution in [1.82, 2.24) is 0 Å². The molecule has 0 unspecified atom stereocenters. The number of nitrogens with zero attached hydrogens (tertiary/aromatic N) is 1. The van der Waals surface area contributed by atoms with Crippen LogP contribution in [-0.4, -0.2) is 14.1 Å². The Morgan fingerprint density at radius 2 is 1.94 bits per heavy atom.